The number of aryl methyl sites for hydroxylation is 1. The van der Waals surface area contributed by atoms with Gasteiger partial charge in [0.05, 0.1) is 10.00 Å². The second-order valence-electron chi connectivity index (χ2n) is 4.54. The summed E-state index contributed by atoms with van der Waals surface area (Å²) in [6, 6.07) is 8.48. The molecule has 0 aliphatic carbocycles. The van der Waals surface area contributed by atoms with Crippen LogP contribution in [0.5, 0.6) is 0 Å². The predicted molar refractivity (Wildman–Crippen MR) is 91.1 cm³/mol. The molecule has 0 saturated heterocycles. The van der Waals surface area contributed by atoms with Gasteiger partial charge in [0.1, 0.15) is 0 Å². The summed E-state index contributed by atoms with van der Waals surface area (Å²) in [5.41, 5.74) is 2.51. The first-order chi connectivity index (χ1) is 9.61. The highest BCUT2D eigenvalue weighted by Gasteiger charge is 2.01. The Hall–Kier alpha value is -0.610. The zero-order valence-electron chi connectivity index (χ0n) is 11.7. The Morgan fingerprint density at radius 1 is 1.25 bits per heavy atom. The molecule has 20 heavy (non-hydrogen) atoms. The quantitative estimate of drug-likeness (QED) is 0.426. The third-order valence-corrected chi connectivity index (χ3v) is 3.34. The molecule has 4 heteroatoms. The third kappa shape index (κ3) is 7.85. The van der Waals surface area contributed by atoms with Gasteiger partial charge in [0.2, 0.25) is 0 Å². The van der Waals surface area contributed by atoms with Gasteiger partial charge in [0.15, 0.2) is 0 Å². The Morgan fingerprint density at radius 2 is 2.05 bits per heavy atom. The maximum absolute atomic E-state index is 11.2. The second-order valence-corrected chi connectivity index (χ2v) is 7.32. The number of carbonyl (C=O) groups is 1. The SMILES string of the molecule is CCOC(=O)CCCCCc1cccc(C=C(Br)Br)c1. The molecular formula is C16H20Br2O2. The molecule has 0 radical (unpaired) electrons. The van der Waals surface area contributed by atoms with Gasteiger partial charge in [-0.1, -0.05) is 30.7 Å². The average Bonchev–Trinajstić information content (AvgIpc) is 2.38. The van der Waals surface area contributed by atoms with Gasteiger partial charge in [-0.3, -0.25) is 4.79 Å². The average molecular weight is 404 g/mol. The first kappa shape index (κ1) is 17.4. The monoisotopic (exact) mass is 402 g/mol. The fourth-order valence-corrected chi connectivity index (χ4v) is 2.50. The molecule has 110 valence electrons. The molecule has 2 nitrogen and oxygen atoms in total. The van der Waals surface area contributed by atoms with E-state index in [4.69, 9.17) is 4.74 Å². The van der Waals surface area contributed by atoms with E-state index >= 15 is 0 Å². The van der Waals surface area contributed by atoms with Crippen LogP contribution in [-0.4, -0.2) is 12.6 Å². The molecule has 0 spiro atoms. The minimum absolute atomic E-state index is 0.0817. The molecule has 0 unspecified atom stereocenters. The van der Waals surface area contributed by atoms with E-state index in [9.17, 15) is 4.79 Å². The van der Waals surface area contributed by atoms with Crippen molar-refractivity contribution in [1.29, 1.82) is 0 Å². The Balaban J connectivity index is 2.28. The highest BCUT2D eigenvalue weighted by Crippen LogP contribution is 2.19. The van der Waals surface area contributed by atoms with E-state index in [-0.39, 0.29) is 5.97 Å². The lowest BCUT2D eigenvalue weighted by molar-refractivity contribution is -0.143. The maximum atomic E-state index is 11.2. The molecule has 1 aromatic carbocycles. The van der Waals surface area contributed by atoms with E-state index in [0.717, 1.165) is 29.1 Å². The number of hydrogen-bond acceptors (Lipinski definition) is 2. The van der Waals surface area contributed by atoms with Crippen LogP contribution in [0.4, 0.5) is 0 Å². The molecule has 0 aliphatic rings. The van der Waals surface area contributed by atoms with Crippen LogP contribution in [0.15, 0.2) is 27.7 Å². The number of hydrogen-bond donors (Lipinski definition) is 0. The maximum Gasteiger partial charge on any atom is 0.305 e. The molecule has 0 N–H and O–H groups in total. The van der Waals surface area contributed by atoms with Gasteiger partial charge < -0.3 is 4.74 Å². The number of benzene rings is 1. The lowest BCUT2D eigenvalue weighted by atomic mass is 10.0. The van der Waals surface area contributed by atoms with Crippen molar-refractivity contribution in [3.63, 3.8) is 0 Å². The first-order valence-electron chi connectivity index (χ1n) is 6.89. The normalized spacial score (nSPS) is 10.2. The summed E-state index contributed by atoms with van der Waals surface area (Å²) in [6.45, 7) is 2.31. The topological polar surface area (TPSA) is 26.3 Å². The summed E-state index contributed by atoms with van der Waals surface area (Å²) in [6.07, 6.45) is 6.68. The molecule has 0 aliphatic heterocycles. The molecule has 0 saturated carbocycles. The number of esters is 1. The van der Waals surface area contributed by atoms with Gasteiger partial charge >= 0.3 is 5.97 Å². The molecule has 0 fully saturated rings. The summed E-state index contributed by atoms with van der Waals surface area (Å²) in [5.74, 6) is -0.0817. The number of unbranched alkanes of at least 4 members (excludes halogenated alkanes) is 2. The van der Waals surface area contributed by atoms with Gasteiger partial charge in [-0.2, -0.15) is 0 Å². The second kappa shape index (κ2) is 10.2. The van der Waals surface area contributed by atoms with E-state index in [1.807, 2.05) is 13.0 Å². The minimum Gasteiger partial charge on any atom is -0.466 e. The summed E-state index contributed by atoms with van der Waals surface area (Å²) in [4.78, 5) is 11.2. The van der Waals surface area contributed by atoms with E-state index < -0.39 is 0 Å². The van der Waals surface area contributed by atoms with Crippen molar-refractivity contribution in [3.8, 4) is 0 Å². The van der Waals surface area contributed by atoms with Crippen LogP contribution in [0.3, 0.4) is 0 Å². The van der Waals surface area contributed by atoms with E-state index in [1.165, 1.54) is 11.1 Å². The summed E-state index contributed by atoms with van der Waals surface area (Å²) < 4.78 is 5.85. The van der Waals surface area contributed by atoms with Crippen molar-refractivity contribution >= 4 is 43.9 Å². The Kier molecular flexibility index (Phi) is 8.86. The molecule has 0 amide bonds. The highest BCUT2D eigenvalue weighted by molar-refractivity contribution is 9.28. The van der Waals surface area contributed by atoms with Crippen LogP contribution in [0, 0.1) is 0 Å². The third-order valence-electron chi connectivity index (χ3n) is 2.88. The van der Waals surface area contributed by atoms with Crippen molar-refractivity contribution in [2.75, 3.05) is 6.61 Å². The summed E-state index contributed by atoms with van der Waals surface area (Å²) in [7, 11) is 0. The first-order valence-corrected chi connectivity index (χ1v) is 8.47. The molecule has 1 aromatic rings. The number of ether oxygens (including phenoxy) is 1. The fourth-order valence-electron chi connectivity index (χ4n) is 1.97. The van der Waals surface area contributed by atoms with Crippen molar-refractivity contribution in [2.24, 2.45) is 0 Å². The highest BCUT2D eigenvalue weighted by atomic mass is 79.9. The Bertz CT molecular complexity index is 452. The van der Waals surface area contributed by atoms with Gasteiger partial charge in [-0.25, -0.2) is 0 Å². The largest absolute Gasteiger partial charge is 0.466 e. The van der Waals surface area contributed by atoms with E-state index in [2.05, 4.69) is 56.1 Å². The van der Waals surface area contributed by atoms with Gasteiger partial charge in [-0.05, 0) is 75.2 Å². The molecule has 1 rings (SSSR count). The summed E-state index contributed by atoms with van der Waals surface area (Å²) >= 11 is 6.74. The van der Waals surface area contributed by atoms with Crippen LogP contribution in [0.1, 0.15) is 43.7 Å². The molecule has 0 atom stereocenters. The van der Waals surface area contributed by atoms with Crippen LogP contribution < -0.4 is 0 Å². The summed E-state index contributed by atoms with van der Waals surface area (Å²) in [5, 5.41) is 0. The number of carbonyl (C=O) groups excluding carboxylic acids is 1. The van der Waals surface area contributed by atoms with E-state index in [0.29, 0.717) is 13.0 Å². The van der Waals surface area contributed by atoms with E-state index in [1.54, 1.807) is 0 Å². The standard InChI is InChI=1S/C16H20Br2O2/c1-2-20-16(19)10-5-3-4-7-13-8-6-9-14(11-13)12-15(17)18/h6,8-9,11-12H,2-5,7,10H2,1H3. The number of rotatable bonds is 8. The van der Waals surface area contributed by atoms with Crippen molar-refractivity contribution < 1.29 is 9.53 Å². The van der Waals surface area contributed by atoms with Crippen molar-refractivity contribution in [2.45, 2.75) is 39.0 Å². The Morgan fingerprint density at radius 3 is 2.75 bits per heavy atom. The van der Waals surface area contributed by atoms with Gasteiger partial charge in [-0.15, -0.1) is 0 Å². The lowest BCUT2D eigenvalue weighted by Crippen LogP contribution is -2.03. The lowest BCUT2D eigenvalue weighted by Gasteiger charge is -2.04. The van der Waals surface area contributed by atoms with Crippen LogP contribution in [0.2, 0.25) is 0 Å². The van der Waals surface area contributed by atoms with Crippen LogP contribution in [-0.2, 0) is 16.0 Å². The Labute approximate surface area is 137 Å². The number of halogens is 2. The van der Waals surface area contributed by atoms with Gasteiger partial charge in [0, 0.05) is 6.42 Å². The van der Waals surface area contributed by atoms with Crippen LogP contribution >= 0.6 is 31.9 Å². The molecule has 0 bridgehead atoms. The zero-order chi connectivity index (χ0) is 14.8. The van der Waals surface area contributed by atoms with Crippen LogP contribution in [0.25, 0.3) is 6.08 Å². The van der Waals surface area contributed by atoms with Gasteiger partial charge in [0.25, 0.3) is 0 Å². The molecule has 0 aromatic heterocycles. The molecule has 0 heterocycles. The minimum atomic E-state index is -0.0817. The van der Waals surface area contributed by atoms with Crippen molar-refractivity contribution in [3.05, 3.63) is 38.8 Å². The smallest absolute Gasteiger partial charge is 0.305 e. The molecular weight excluding hydrogens is 384 g/mol. The zero-order valence-corrected chi connectivity index (χ0v) is 14.9. The fraction of sp³-hybridized carbons (Fsp3) is 0.438. The van der Waals surface area contributed by atoms with Crippen molar-refractivity contribution in [1.82, 2.24) is 0 Å². The predicted octanol–water partition coefficient (Wildman–Crippen LogP) is 5.44.